The normalized spacial score (nSPS) is 20.6. The monoisotopic (exact) mass is 276 g/mol. The second-order valence-corrected chi connectivity index (χ2v) is 5.58. The number of rotatable bonds is 4. The Morgan fingerprint density at radius 1 is 1.55 bits per heavy atom. The van der Waals surface area contributed by atoms with Crippen LogP contribution in [-0.4, -0.2) is 43.6 Å². The molecule has 0 unspecified atom stereocenters. The SMILES string of the molecule is COc1cccc([C@@H](C)CC(=O)N2CCN[C@H](C)C2)c1. The summed E-state index contributed by atoms with van der Waals surface area (Å²) in [6, 6.07) is 8.36. The van der Waals surface area contributed by atoms with E-state index in [-0.39, 0.29) is 11.8 Å². The first kappa shape index (κ1) is 14.9. The highest BCUT2D eigenvalue weighted by Gasteiger charge is 2.22. The quantitative estimate of drug-likeness (QED) is 0.914. The average molecular weight is 276 g/mol. The highest BCUT2D eigenvalue weighted by molar-refractivity contribution is 5.77. The fraction of sp³-hybridized carbons (Fsp3) is 0.562. The van der Waals surface area contributed by atoms with E-state index in [2.05, 4.69) is 25.2 Å². The molecule has 0 saturated carbocycles. The number of hydrogen-bond donors (Lipinski definition) is 1. The molecular weight excluding hydrogens is 252 g/mol. The number of nitrogens with zero attached hydrogens (tertiary/aromatic N) is 1. The van der Waals surface area contributed by atoms with E-state index in [0.29, 0.717) is 12.5 Å². The molecule has 1 aliphatic heterocycles. The van der Waals surface area contributed by atoms with Crippen molar-refractivity contribution in [3.05, 3.63) is 29.8 Å². The predicted molar refractivity (Wildman–Crippen MR) is 80.1 cm³/mol. The summed E-state index contributed by atoms with van der Waals surface area (Å²) >= 11 is 0. The molecule has 2 rings (SSSR count). The molecule has 0 aliphatic carbocycles. The molecule has 0 spiro atoms. The zero-order chi connectivity index (χ0) is 14.5. The topological polar surface area (TPSA) is 41.6 Å². The summed E-state index contributed by atoms with van der Waals surface area (Å²) in [7, 11) is 1.66. The highest BCUT2D eigenvalue weighted by Crippen LogP contribution is 2.24. The summed E-state index contributed by atoms with van der Waals surface area (Å²) in [5, 5.41) is 3.36. The molecular formula is C16H24N2O2. The maximum absolute atomic E-state index is 12.3. The van der Waals surface area contributed by atoms with Crippen molar-refractivity contribution >= 4 is 5.91 Å². The largest absolute Gasteiger partial charge is 0.497 e. The van der Waals surface area contributed by atoms with Crippen LogP contribution in [0, 0.1) is 0 Å². The van der Waals surface area contributed by atoms with Gasteiger partial charge in [0, 0.05) is 32.1 Å². The van der Waals surface area contributed by atoms with Crippen molar-refractivity contribution in [2.75, 3.05) is 26.7 Å². The average Bonchev–Trinajstić information content (AvgIpc) is 2.47. The molecule has 4 nitrogen and oxygen atoms in total. The standard InChI is InChI=1S/C16H24N2O2/c1-12(14-5-4-6-15(10-14)20-3)9-16(19)18-8-7-17-13(2)11-18/h4-6,10,12-13,17H,7-9,11H2,1-3H3/t12-,13+/m0/s1. The van der Waals surface area contributed by atoms with Gasteiger partial charge >= 0.3 is 0 Å². The first-order chi connectivity index (χ1) is 9.60. The smallest absolute Gasteiger partial charge is 0.223 e. The number of carbonyl (C=O) groups is 1. The predicted octanol–water partition coefficient (Wildman–Crippen LogP) is 2.01. The van der Waals surface area contributed by atoms with E-state index >= 15 is 0 Å². The highest BCUT2D eigenvalue weighted by atomic mass is 16.5. The lowest BCUT2D eigenvalue weighted by Crippen LogP contribution is -2.51. The third-order valence-electron chi connectivity index (χ3n) is 3.87. The molecule has 1 amide bonds. The molecule has 1 aliphatic rings. The van der Waals surface area contributed by atoms with Crippen LogP contribution in [0.2, 0.25) is 0 Å². The number of amides is 1. The summed E-state index contributed by atoms with van der Waals surface area (Å²) in [5.74, 6) is 1.30. The Morgan fingerprint density at radius 3 is 3.05 bits per heavy atom. The van der Waals surface area contributed by atoms with E-state index in [9.17, 15) is 4.79 Å². The Kier molecular flexibility index (Phi) is 5.01. The van der Waals surface area contributed by atoms with Crippen LogP contribution in [-0.2, 0) is 4.79 Å². The van der Waals surface area contributed by atoms with Crippen molar-refractivity contribution in [2.45, 2.75) is 32.2 Å². The molecule has 1 aromatic carbocycles. The Hall–Kier alpha value is -1.55. The number of piperazine rings is 1. The fourth-order valence-electron chi connectivity index (χ4n) is 2.62. The summed E-state index contributed by atoms with van der Waals surface area (Å²) in [4.78, 5) is 14.3. The Morgan fingerprint density at radius 2 is 2.35 bits per heavy atom. The minimum absolute atomic E-state index is 0.211. The van der Waals surface area contributed by atoms with Gasteiger partial charge in [-0.15, -0.1) is 0 Å². The van der Waals surface area contributed by atoms with Crippen LogP contribution in [0.5, 0.6) is 5.75 Å². The second-order valence-electron chi connectivity index (χ2n) is 5.58. The van der Waals surface area contributed by atoms with Gasteiger partial charge in [0.25, 0.3) is 0 Å². The van der Waals surface area contributed by atoms with E-state index in [1.807, 2.05) is 23.1 Å². The van der Waals surface area contributed by atoms with Gasteiger partial charge in [-0.05, 0) is 30.5 Å². The molecule has 1 saturated heterocycles. The third-order valence-corrected chi connectivity index (χ3v) is 3.87. The number of hydrogen-bond acceptors (Lipinski definition) is 3. The van der Waals surface area contributed by atoms with Gasteiger partial charge < -0.3 is 15.0 Å². The Bertz CT molecular complexity index is 462. The fourth-order valence-corrected chi connectivity index (χ4v) is 2.62. The number of methoxy groups -OCH3 is 1. The van der Waals surface area contributed by atoms with E-state index < -0.39 is 0 Å². The number of nitrogens with one attached hydrogen (secondary N) is 1. The first-order valence-electron chi connectivity index (χ1n) is 7.25. The van der Waals surface area contributed by atoms with E-state index in [1.54, 1.807) is 7.11 Å². The second kappa shape index (κ2) is 6.75. The maximum atomic E-state index is 12.3. The van der Waals surface area contributed by atoms with Crippen LogP contribution >= 0.6 is 0 Å². The van der Waals surface area contributed by atoms with E-state index in [1.165, 1.54) is 0 Å². The molecule has 0 radical (unpaired) electrons. The Labute approximate surface area is 121 Å². The zero-order valence-corrected chi connectivity index (χ0v) is 12.6. The molecule has 1 fully saturated rings. The molecule has 2 atom stereocenters. The lowest BCUT2D eigenvalue weighted by Gasteiger charge is -2.32. The Balaban J connectivity index is 1.96. The van der Waals surface area contributed by atoms with Gasteiger partial charge in [0.2, 0.25) is 5.91 Å². The van der Waals surface area contributed by atoms with Crippen LogP contribution in [0.1, 0.15) is 31.7 Å². The first-order valence-corrected chi connectivity index (χ1v) is 7.25. The van der Waals surface area contributed by atoms with Crippen molar-refractivity contribution in [1.82, 2.24) is 10.2 Å². The summed E-state index contributed by atoms with van der Waals surface area (Å²) < 4.78 is 5.24. The lowest BCUT2D eigenvalue weighted by molar-refractivity contribution is -0.132. The molecule has 0 bridgehead atoms. The van der Waals surface area contributed by atoms with Gasteiger partial charge in [-0.25, -0.2) is 0 Å². The lowest BCUT2D eigenvalue weighted by atomic mass is 9.96. The molecule has 0 aromatic heterocycles. The molecule has 110 valence electrons. The van der Waals surface area contributed by atoms with Gasteiger partial charge in [0.1, 0.15) is 5.75 Å². The van der Waals surface area contributed by atoms with E-state index in [0.717, 1.165) is 30.9 Å². The minimum Gasteiger partial charge on any atom is -0.497 e. The van der Waals surface area contributed by atoms with Crippen LogP contribution in [0.25, 0.3) is 0 Å². The van der Waals surface area contributed by atoms with Crippen LogP contribution in [0.15, 0.2) is 24.3 Å². The van der Waals surface area contributed by atoms with Crippen molar-refractivity contribution < 1.29 is 9.53 Å². The summed E-state index contributed by atoms with van der Waals surface area (Å²) in [6.45, 7) is 6.72. The van der Waals surface area contributed by atoms with Crippen molar-refractivity contribution in [2.24, 2.45) is 0 Å². The number of carbonyl (C=O) groups excluding carboxylic acids is 1. The molecule has 4 heteroatoms. The van der Waals surface area contributed by atoms with Crippen LogP contribution < -0.4 is 10.1 Å². The minimum atomic E-state index is 0.211. The van der Waals surface area contributed by atoms with Crippen LogP contribution in [0.4, 0.5) is 0 Å². The zero-order valence-electron chi connectivity index (χ0n) is 12.6. The molecule has 1 N–H and O–H groups in total. The van der Waals surface area contributed by atoms with Crippen molar-refractivity contribution in [1.29, 1.82) is 0 Å². The molecule has 1 aromatic rings. The van der Waals surface area contributed by atoms with Gasteiger partial charge in [0.05, 0.1) is 7.11 Å². The summed E-state index contributed by atoms with van der Waals surface area (Å²) in [6.07, 6.45) is 0.555. The van der Waals surface area contributed by atoms with E-state index in [4.69, 9.17) is 4.74 Å². The molecule has 1 heterocycles. The van der Waals surface area contributed by atoms with Crippen molar-refractivity contribution in [3.63, 3.8) is 0 Å². The van der Waals surface area contributed by atoms with Gasteiger partial charge in [0.15, 0.2) is 0 Å². The van der Waals surface area contributed by atoms with Gasteiger partial charge in [-0.3, -0.25) is 4.79 Å². The van der Waals surface area contributed by atoms with Gasteiger partial charge in [-0.1, -0.05) is 19.1 Å². The summed E-state index contributed by atoms with van der Waals surface area (Å²) in [5.41, 5.74) is 1.15. The van der Waals surface area contributed by atoms with Crippen LogP contribution in [0.3, 0.4) is 0 Å². The number of benzene rings is 1. The molecule has 20 heavy (non-hydrogen) atoms. The van der Waals surface area contributed by atoms with Gasteiger partial charge in [-0.2, -0.15) is 0 Å². The number of ether oxygens (including phenoxy) is 1. The third kappa shape index (κ3) is 3.73. The van der Waals surface area contributed by atoms with Crippen molar-refractivity contribution in [3.8, 4) is 5.75 Å². The maximum Gasteiger partial charge on any atom is 0.223 e.